The van der Waals surface area contributed by atoms with Gasteiger partial charge < -0.3 is 25.4 Å². The van der Waals surface area contributed by atoms with Gasteiger partial charge in [0.2, 0.25) is 5.91 Å². The summed E-state index contributed by atoms with van der Waals surface area (Å²) in [6, 6.07) is 18.9. The van der Waals surface area contributed by atoms with E-state index in [4.69, 9.17) is 0 Å². The fourth-order valence-electron chi connectivity index (χ4n) is 5.81. The van der Waals surface area contributed by atoms with Crippen LogP contribution in [0.25, 0.3) is 10.9 Å². The van der Waals surface area contributed by atoms with Crippen molar-refractivity contribution in [3.63, 3.8) is 0 Å². The van der Waals surface area contributed by atoms with Gasteiger partial charge in [0.25, 0.3) is 0 Å². The van der Waals surface area contributed by atoms with Gasteiger partial charge in [0.15, 0.2) is 9.84 Å². The Morgan fingerprint density at radius 2 is 1.73 bits per heavy atom. The highest BCUT2D eigenvalue weighted by molar-refractivity contribution is 7.92. The number of halogens is 1. The number of piperidine rings is 1. The average Bonchev–Trinajstić information content (AvgIpc) is 3.44. The Hall–Kier alpha value is -4.22. The molecule has 4 aromatic rings. The Labute approximate surface area is 257 Å². The van der Waals surface area contributed by atoms with Crippen LogP contribution in [-0.2, 0) is 21.2 Å². The lowest BCUT2D eigenvalue weighted by Crippen LogP contribution is -2.53. The first-order valence-corrected chi connectivity index (χ1v) is 16.2. The number of benzene rings is 3. The highest BCUT2D eigenvalue weighted by Gasteiger charge is 2.35. The summed E-state index contributed by atoms with van der Waals surface area (Å²) in [6.07, 6.45) is 2.34. The number of carbonyl (C=O) groups excluding carboxylic acids is 2. The van der Waals surface area contributed by atoms with Crippen LogP contribution in [0.1, 0.15) is 36.8 Å². The van der Waals surface area contributed by atoms with E-state index in [2.05, 4.69) is 15.6 Å². The van der Waals surface area contributed by atoms with E-state index < -0.39 is 38.9 Å². The van der Waals surface area contributed by atoms with Crippen molar-refractivity contribution >= 4 is 38.4 Å². The van der Waals surface area contributed by atoms with E-state index in [1.54, 1.807) is 4.90 Å². The molecule has 1 fully saturated rings. The first-order valence-electron chi connectivity index (χ1n) is 14.7. The number of rotatable bonds is 9. The van der Waals surface area contributed by atoms with Crippen LogP contribution in [-0.4, -0.2) is 73.6 Å². The van der Waals surface area contributed by atoms with Crippen LogP contribution >= 0.6 is 0 Å². The van der Waals surface area contributed by atoms with E-state index in [1.807, 2.05) is 80.6 Å². The number of nitrogens with zero attached hydrogens (tertiary/aromatic N) is 2. The molecule has 0 spiro atoms. The molecule has 3 N–H and O–H groups in total. The van der Waals surface area contributed by atoms with Crippen molar-refractivity contribution < 1.29 is 22.4 Å². The fourth-order valence-corrected chi connectivity index (χ4v) is 7.54. The number of anilines is 1. The maximum atomic E-state index is 13.8. The second-order valence-corrected chi connectivity index (χ2v) is 13.8. The summed E-state index contributed by atoms with van der Waals surface area (Å²) in [4.78, 5) is 34.3. The summed E-state index contributed by atoms with van der Waals surface area (Å²) in [7, 11) is 0.276. The van der Waals surface area contributed by atoms with E-state index in [0.717, 1.165) is 34.2 Å². The summed E-state index contributed by atoms with van der Waals surface area (Å²) in [6.45, 7) is 3.03. The monoisotopic (exact) mass is 619 g/mol. The first kappa shape index (κ1) is 31.2. The van der Waals surface area contributed by atoms with Crippen molar-refractivity contribution in [3.05, 3.63) is 95.9 Å². The van der Waals surface area contributed by atoms with Gasteiger partial charge >= 0.3 is 6.03 Å². The third-order valence-corrected chi connectivity index (χ3v) is 10.5. The minimum atomic E-state index is -3.67. The van der Waals surface area contributed by atoms with Crippen molar-refractivity contribution in [2.75, 3.05) is 32.5 Å². The maximum absolute atomic E-state index is 13.8. The molecule has 232 valence electrons. The molecule has 3 aromatic carbocycles. The zero-order valence-electron chi connectivity index (χ0n) is 25.1. The predicted molar refractivity (Wildman–Crippen MR) is 170 cm³/mol. The molecule has 9 nitrogen and oxygen atoms in total. The number of nitrogens with one attached hydrogen (secondary N) is 3. The van der Waals surface area contributed by atoms with E-state index in [-0.39, 0.29) is 36.7 Å². The molecule has 1 saturated heterocycles. The molecule has 0 aliphatic carbocycles. The molecule has 2 heterocycles. The Morgan fingerprint density at radius 1 is 1.02 bits per heavy atom. The molecule has 44 heavy (non-hydrogen) atoms. The van der Waals surface area contributed by atoms with Gasteiger partial charge in [-0.15, -0.1) is 0 Å². The topological polar surface area (TPSA) is 115 Å². The first-order chi connectivity index (χ1) is 21.0. The van der Waals surface area contributed by atoms with E-state index in [1.165, 1.54) is 12.1 Å². The Kier molecular flexibility index (Phi) is 9.36. The molecule has 3 amide bonds. The third kappa shape index (κ3) is 6.95. The van der Waals surface area contributed by atoms with E-state index >= 15 is 0 Å². The van der Waals surface area contributed by atoms with Crippen molar-refractivity contribution in [2.24, 2.45) is 0 Å². The minimum absolute atomic E-state index is 0.0701. The highest BCUT2D eigenvalue weighted by Crippen LogP contribution is 2.29. The zero-order valence-corrected chi connectivity index (χ0v) is 25.9. The maximum Gasteiger partial charge on any atom is 0.318 e. The van der Waals surface area contributed by atoms with Crippen LogP contribution in [0.4, 0.5) is 14.9 Å². The summed E-state index contributed by atoms with van der Waals surface area (Å²) in [5.41, 5.74) is 3.50. The van der Waals surface area contributed by atoms with E-state index in [9.17, 15) is 22.4 Å². The van der Waals surface area contributed by atoms with Gasteiger partial charge in [0.1, 0.15) is 11.9 Å². The number of aromatic nitrogens is 1. The van der Waals surface area contributed by atoms with Gasteiger partial charge in [0, 0.05) is 48.3 Å². The largest absolute Gasteiger partial charge is 0.361 e. The minimum Gasteiger partial charge on any atom is -0.361 e. The molecule has 0 bridgehead atoms. The highest BCUT2D eigenvalue weighted by atomic mass is 32.2. The van der Waals surface area contributed by atoms with Crippen molar-refractivity contribution in [3.8, 4) is 0 Å². The van der Waals surface area contributed by atoms with Crippen LogP contribution in [0.15, 0.2) is 83.9 Å². The molecule has 1 aromatic heterocycles. The van der Waals surface area contributed by atoms with Gasteiger partial charge in [-0.05, 0) is 80.5 Å². The Balaban J connectivity index is 1.33. The van der Waals surface area contributed by atoms with Crippen LogP contribution in [0, 0.1) is 5.82 Å². The van der Waals surface area contributed by atoms with Gasteiger partial charge in [-0.25, -0.2) is 17.6 Å². The van der Waals surface area contributed by atoms with Crippen LogP contribution < -0.4 is 10.6 Å². The average molecular weight is 620 g/mol. The number of fused-ring (bicyclic) bond motifs is 1. The van der Waals surface area contributed by atoms with Gasteiger partial charge in [-0.2, -0.15) is 0 Å². The molecular weight excluding hydrogens is 581 g/mol. The second kappa shape index (κ2) is 13.2. The molecule has 2 atom stereocenters. The number of H-pyrrole nitrogens is 1. The van der Waals surface area contributed by atoms with Crippen molar-refractivity contribution in [1.82, 2.24) is 20.1 Å². The molecule has 0 radical (unpaired) electrons. The summed E-state index contributed by atoms with van der Waals surface area (Å²) in [5.74, 6) is -1.25. The normalized spacial score (nSPS) is 15.7. The molecule has 5 rings (SSSR count). The Morgan fingerprint density at radius 3 is 2.43 bits per heavy atom. The number of hydrogen-bond donors (Lipinski definition) is 3. The number of aromatic amines is 1. The number of amides is 3. The smallest absolute Gasteiger partial charge is 0.318 e. The third-order valence-electron chi connectivity index (χ3n) is 8.18. The summed E-state index contributed by atoms with van der Waals surface area (Å²) < 4.78 is 39.6. The lowest BCUT2D eigenvalue weighted by Gasteiger charge is -2.34. The van der Waals surface area contributed by atoms with E-state index in [0.29, 0.717) is 12.2 Å². The quantitative estimate of drug-likeness (QED) is 0.225. The van der Waals surface area contributed by atoms with Crippen LogP contribution in [0.3, 0.4) is 0 Å². The summed E-state index contributed by atoms with van der Waals surface area (Å²) in [5, 5.41) is 6.24. The second-order valence-electron chi connectivity index (χ2n) is 11.6. The van der Waals surface area contributed by atoms with Gasteiger partial charge in [0.05, 0.1) is 10.1 Å². The van der Waals surface area contributed by atoms with Crippen LogP contribution in [0.2, 0.25) is 0 Å². The number of carbonyl (C=O) groups is 2. The number of urea groups is 1. The van der Waals surface area contributed by atoms with Crippen molar-refractivity contribution in [1.29, 1.82) is 0 Å². The number of sulfone groups is 1. The molecule has 1 aliphatic rings. The predicted octanol–water partition coefficient (Wildman–Crippen LogP) is 5.13. The molecule has 11 heteroatoms. The molecule has 0 saturated carbocycles. The SMILES string of the molecule is C[C@@H](c1c[nH]c2ccccc12)[C@@H](NC(=O)N1CCC(S(=O)(=O)c2ccc(F)cc2)CC1)C(=O)Nc1cccc(CN(C)C)c1. The zero-order chi connectivity index (χ0) is 31.4. The molecular formula is C33H38FN5O4S. The van der Waals surface area contributed by atoms with Crippen molar-refractivity contribution in [2.45, 2.75) is 48.4 Å². The number of hydrogen-bond acceptors (Lipinski definition) is 5. The van der Waals surface area contributed by atoms with Crippen LogP contribution in [0.5, 0.6) is 0 Å². The standard InChI is InChI=1S/C33H38FN5O4S/c1-22(29-20-35-30-10-5-4-9-28(29)30)31(32(40)36-25-8-6-7-23(19-25)21-38(2)3)37-33(41)39-17-15-27(16-18-39)44(42,43)26-13-11-24(34)12-14-26/h4-14,19-20,22,27,31,35H,15-18,21H2,1-3H3,(H,36,40)(H,37,41)/t22-,31+/m0/s1. The molecule has 1 aliphatic heterocycles. The van der Waals surface area contributed by atoms with Gasteiger partial charge in [-0.1, -0.05) is 37.3 Å². The summed E-state index contributed by atoms with van der Waals surface area (Å²) >= 11 is 0. The molecule has 0 unspecified atom stereocenters. The lowest BCUT2D eigenvalue weighted by molar-refractivity contribution is -0.118. The number of para-hydroxylation sites is 1. The lowest BCUT2D eigenvalue weighted by atomic mass is 9.92. The van der Waals surface area contributed by atoms with Gasteiger partial charge in [-0.3, -0.25) is 4.79 Å². The Bertz CT molecular complexity index is 1730. The fraction of sp³-hybridized carbons (Fsp3) is 0.333. The number of likely N-dealkylation sites (tertiary alicyclic amines) is 1.